The van der Waals surface area contributed by atoms with Crippen molar-refractivity contribution >= 4 is 11.7 Å². The Labute approximate surface area is 124 Å². The minimum Gasteiger partial charge on any atom is -0.469 e. The summed E-state index contributed by atoms with van der Waals surface area (Å²) in [6.07, 6.45) is 3.29. The van der Waals surface area contributed by atoms with Crippen molar-refractivity contribution in [3.63, 3.8) is 0 Å². The van der Waals surface area contributed by atoms with Crippen LogP contribution in [0.4, 0.5) is 10.5 Å². The predicted octanol–water partition coefficient (Wildman–Crippen LogP) is 2.88. The monoisotopic (exact) mass is 287 g/mol. The lowest BCUT2D eigenvalue weighted by atomic mass is 10.1. The van der Waals surface area contributed by atoms with E-state index in [2.05, 4.69) is 10.6 Å². The van der Waals surface area contributed by atoms with Crippen LogP contribution in [0.2, 0.25) is 0 Å². The topological polar surface area (TPSA) is 80.3 Å². The highest BCUT2D eigenvalue weighted by Crippen LogP contribution is 2.09. The number of nitrogens with one attached hydrogen (secondary N) is 2. The summed E-state index contributed by atoms with van der Waals surface area (Å²) in [5.74, 6) is 0.932. The molecule has 2 amide bonds. The van der Waals surface area contributed by atoms with Crippen molar-refractivity contribution in [2.45, 2.75) is 32.4 Å². The van der Waals surface area contributed by atoms with E-state index in [1.807, 2.05) is 43.3 Å². The van der Waals surface area contributed by atoms with Gasteiger partial charge < -0.3 is 20.8 Å². The van der Waals surface area contributed by atoms with Crippen LogP contribution in [0.5, 0.6) is 0 Å². The minimum atomic E-state index is -0.206. The number of hydrogen-bond acceptors (Lipinski definition) is 3. The Hall–Kier alpha value is -2.27. The van der Waals surface area contributed by atoms with Crippen molar-refractivity contribution in [3.8, 4) is 0 Å². The molecule has 1 atom stereocenters. The maximum absolute atomic E-state index is 11.9. The van der Waals surface area contributed by atoms with Crippen molar-refractivity contribution < 1.29 is 9.21 Å². The van der Waals surface area contributed by atoms with Crippen LogP contribution in [0, 0.1) is 0 Å². The fourth-order valence-electron chi connectivity index (χ4n) is 2.00. The molecule has 0 bridgehead atoms. The largest absolute Gasteiger partial charge is 0.469 e. The maximum atomic E-state index is 11.9. The molecule has 0 radical (unpaired) electrons. The summed E-state index contributed by atoms with van der Waals surface area (Å²) >= 11 is 0. The zero-order valence-corrected chi connectivity index (χ0v) is 12.1. The van der Waals surface area contributed by atoms with Gasteiger partial charge in [-0.05, 0) is 43.2 Å². The standard InChI is InChI=1S/C16H21N3O2/c1-12(4-9-15-3-2-10-21-15)18-16(20)19-14-7-5-13(11-17)6-8-14/h2-3,5-8,10,12H,4,9,11,17H2,1H3,(H2,18,19,20). The lowest BCUT2D eigenvalue weighted by Crippen LogP contribution is -2.36. The Morgan fingerprint density at radius 3 is 2.67 bits per heavy atom. The normalized spacial score (nSPS) is 11.9. The van der Waals surface area contributed by atoms with Crippen LogP contribution in [0.25, 0.3) is 0 Å². The molecular formula is C16H21N3O2. The molecule has 1 aromatic heterocycles. The van der Waals surface area contributed by atoms with E-state index in [4.69, 9.17) is 10.2 Å². The van der Waals surface area contributed by atoms with Gasteiger partial charge in [-0.25, -0.2) is 4.79 Å². The first kappa shape index (κ1) is 15.1. The highest BCUT2D eigenvalue weighted by atomic mass is 16.3. The second kappa shape index (κ2) is 7.50. The first-order valence-corrected chi connectivity index (χ1v) is 7.06. The summed E-state index contributed by atoms with van der Waals surface area (Å²) < 4.78 is 5.27. The van der Waals surface area contributed by atoms with Gasteiger partial charge in [-0.3, -0.25) is 0 Å². The van der Waals surface area contributed by atoms with E-state index in [0.717, 1.165) is 29.9 Å². The fraction of sp³-hybridized carbons (Fsp3) is 0.312. The van der Waals surface area contributed by atoms with Gasteiger partial charge in [0, 0.05) is 24.7 Å². The van der Waals surface area contributed by atoms with Gasteiger partial charge in [0.1, 0.15) is 5.76 Å². The van der Waals surface area contributed by atoms with Crippen LogP contribution in [-0.2, 0) is 13.0 Å². The third-order valence-electron chi connectivity index (χ3n) is 3.23. The number of carbonyl (C=O) groups excluding carboxylic acids is 1. The Morgan fingerprint density at radius 2 is 2.05 bits per heavy atom. The average molecular weight is 287 g/mol. The number of hydrogen-bond donors (Lipinski definition) is 3. The summed E-state index contributed by atoms with van der Waals surface area (Å²) in [5.41, 5.74) is 7.32. The van der Waals surface area contributed by atoms with E-state index in [1.54, 1.807) is 6.26 Å². The molecule has 0 aliphatic rings. The first-order valence-electron chi connectivity index (χ1n) is 7.06. The summed E-state index contributed by atoms with van der Waals surface area (Å²) in [6, 6.07) is 11.1. The van der Waals surface area contributed by atoms with Gasteiger partial charge in [0.05, 0.1) is 6.26 Å². The number of furan rings is 1. The molecule has 4 N–H and O–H groups in total. The molecule has 0 aliphatic carbocycles. The molecule has 1 heterocycles. The van der Waals surface area contributed by atoms with Gasteiger partial charge >= 0.3 is 6.03 Å². The molecule has 112 valence electrons. The van der Waals surface area contributed by atoms with Crippen LogP contribution in [0.1, 0.15) is 24.7 Å². The molecule has 5 nitrogen and oxygen atoms in total. The van der Waals surface area contributed by atoms with E-state index in [0.29, 0.717) is 6.54 Å². The number of aryl methyl sites for hydroxylation is 1. The molecule has 1 aromatic carbocycles. The number of benzene rings is 1. The molecule has 2 rings (SSSR count). The number of amides is 2. The quantitative estimate of drug-likeness (QED) is 0.764. The van der Waals surface area contributed by atoms with Gasteiger partial charge in [-0.2, -0.15) is 0 Å². The zero-order valence-electron chi connectivity index (χ0n) is 12.1. The van der Waals surface area contributed by atoms with E-state index in [-0.39, 0.29) is 12.1 Å². The molecule has 21 heavy (non-hydrogen) atoms. The summed E-state index contributed by atoms with van der Waals surface area (Å²) in [6.45, 7) is 2.47. The molecule has 0 aliphatic heterocycles. The molecule has 0 fully saturated rings. The highest BCUT2D eigenvalue weighted by Gasteiger charge is 2.08. The third-order valence-corrected chi connectivity index (χ3v) is 3.23. The van der Waals surface area contributed by atoms with Crippen molar-refractivity contribution in [2.24, 2.45) is 5.73 Å². The van der Waals surface area contributed by atoms with Crippen LogP contribution in [0.3, 0.4) is 0 Å². The van der Waals surface area contributed by atoms with Crippen molar-refractivity contribution in [2.75, 3.05) is 5.32 Å². The molecule has 0 saturated carbocycles. The van der Waals surface area contributed by atoms with Crippen LogP contribution >= 0.6 is 0 Å². The van der Waals surface area contributed by atoms with E-state index >= 15 is 0 Å². The number of anilines is 1. The van der Waals surface area contributed by atoms with Crippen LogP contribution < -0.4 is 16.4 Å². The van der Waals surface area contributed by atoms with E-state index in [9.17, 15) is 4.79 Å². The molecular weight excluding hydrogens is 266 g/mol. The molecule has 5 heteroatoms. The molecule has 2 aromatic rings. The predicted molar refractivity (Wildman–Crippen MR) is 83.0 cm³/mol. The van der Waals surface area contributed by atoms with Gasteiger partial charge in [0.25, 0.3) is 0 Å². The minimum absolute atomic E-state index is 0.0680. The van der Waals surface area contributed by atoms with Crippen LogP contribution in [-0.4, -0.2) is 12.1 Å². The fourth-order valence-corrected chi connectivity index (χ4v) is 2.00. The number of rotatable bonds is 6. The second-order valence-electron chi connectivity index (χ2n) is 5.02. The van der Waals surface area contributed by atoms with Gasteiger partial charge in [0.2, 0.25) is 0 Å². The van der Waals surface area contributed by atoms with Crippen molar-refractivity contribution in [1.29, 1.82) is 0 Å². The SMILES string of the molecule is CC(CCc1ccco1)NC(=O)Nc1ccc(CN)cc1. The number of carbonyl (C=O) groups is 1. The number of nitrogens with two attached hydrogens (primary N) is 1. The Kier molecular flexibility index (Phi) is 5.40. The Balaban J connectivity index is 1.75. The summed E-state index contributed by atoms with van der Waals surface area (Å²) in [7, 11) is 0. The van der Waals surface area contributed by atoms with Gasteiger partial charge in [-0.15, -0.1) is 0 Å². The first-order chi connectivity index (χ1) is 10.2. The van der Waals surface area contributed by atoms with E-state index < -0.39 is 0 Å². The molecule has 0 saturated heterocycles. The van der Waals surface area contributed by atoms with Crippen molar-refractivity contribution in [1.82, 2.24) is 5.32 Å². The third kappa shape index (κ3) is 4.96. The van der Waals surface area contributed by atoms with Crippen LogP contribution in [0.15, 0.2) is 47.1 Å². The second-order valence-corrected chi connectivity index (χ2v) is 5.02. The lowest BCUT2D eigenvalue weighted by Gasteiger charge is -2.14. The summed E-state index contributed by atoms with van der Waals surface area (Å²) in [5, 5.41) is 5.71. The van der Waals surface area contributed by atoms with Gasteiger partial charge in [-0.1, -0.05) is 12.1 Å². The molecule has 1 unspecified atom stereocenters. The van der Waals surface area contributed by atoms with Gasteiger partial charge in [0.15, 0.2) is 0 Å². The Morgan fingerprint density at radius 1 is 1.29 bits per heavy atom. The average Bonchev–Trinajstić information content (AvgIpc) is 2.99. The number of urea groups is 1. The lowest BCUT2D eigenvalue weighted by molar-refractivity contribution is 0.248. The Bertz CT molecular complexity index is 549. The zero-order chi connectivity index (χ0) is 15.1. The molecule has 0 spiro atoms. The highest BCUT2D eigenvalue weighted by molar-refractivity contribution is 5.89. The smallest absolute Gasteiger partial charge is 0.319 e. The summed E-state index contributed by atoms with van der Waals surface area (Å²) in [4.78, 5) is 11.9. The van der Waals surface area contributed by atoms with E-state index in [1.165, 1.54) is 0 Å². The van der Waals surface area contributed by atoms with Crippen molar-refractivity contribution in [3.05, 3.63) is 54.0 Å². The maximum Gasteiger partial charge on any atom is 0.319 e.